The van der Waals surface area contributed by atoms with Crippen molar-refractivity contribution in [1.29, 1.82) is 0 Å². The van der Waals surface area contributed by atoms with Crippen molar-refractivity contribution < 1.29 is 0 Å². The summed E-state index contributed by atoms with van der Waals surface area (Å²) in [4.78, 5) is 16.7. The molecule has 2 rings (SSSR count). The van der Waals surface area contributed by atoms with Crippen molar-refractivity contribution in [2.24, 2.45) is 5.84 Å². The summed E-state index contributed by atoms with van der Waals surface area (Å²) in [6, 6.07) is 0. The molecule has 0 aliphatic rings. The Kier molecular flexibility index (Phi) is 3.84. The number of nitrogen functional groups attached to an aromatic ring is 1. The van der Waals surface area contributed by atoms with Crippen LogP contribution in [0.5, 0.6) is 0 Å². The second kappa shape index (κ2) is 5.55. The number of hydrogen-bond donors (Lipinski definition) is 2. The molecule has 0 aliphatic heterocycles. The van der Waals surface area contributed by atoms with Gasteiger partial charge in [-0.25, -0.2) is 20.8 Å². The van der Waals surface area contributed by atoms with Crippen LogP contribution in [0, 0.1) is 6.92 Å². The molecule has 0 amide bonds. The topological polar surface area (TPSA) is 89.6 Å². The summed E-state index contributed by atoms with van der Waals surface area (Å²) < 4.78 is 0. The molecule has 2 aromatic rings. The standard InChI is InChI=1S/C10H12N6S/c1-7-2-14-10(15-3-7)17-6-8-4-13-9(16-11)5-12-8/h2-5H,6,11H2,1H3,(H,13,16). The molecule has 3 N–H and O–H groups in total. The van der Waals surface area contributed by atoms with Crippen LogP contribution < -0.4 is 11.3 Å². The molecule has 6 nitrogen and oxygen atoms in total. The van der Waals surface area contributed by atoms with Gasteiger partial charge in [-0.05, 0) is 12.5 Å². The van der Waals surface area contributed by atoms with Crippen molar-refractivity contribution in [1.82, 2.24) is 19.9 Å². The van der Waals surface area contributed by atoms with Crippen LogP contribution in [0.2, 0.25) is 0 Å². The zero-order valence-corrected chi connectivity index (χ0v) is 10.1. The molecule has 2 heterocycles. The largest absolute Gasteiger partial charge is 0.307 e. The molecule has 0 radical (unpaired) electrons. The maximum Gasteiger partial charge on any atom is 0.187 e. The molecule has 0 spiro atoms. The molecule has 0 fully saturated rings. The van der Waals surface area contributed by atoms with Gasteiger partial charge in [0.1, 0.15) is 0 Å². The maximum atomic E-state index is 5.20. The van der Waals surface area contributed by atoms with E-state index in [-0.39, 0.29) is 0 Å². The Morgan fingerprint density at radius 1 is 1.12 bits per heavy atom. The van der Waals surface area contributed by atoms with E-state index in [0.29, 0.717) is 11.6 Å². The lowest BCUT2D eigenvalue weighted by Gasteiger charge is -2.01. The molecule has 0 saturated heterocycles. The highest BCUT2D eigenvalue weighted by Gasteiger charge is 2.00. The van der Waals surface area contributed by atoms with E-state index in [2.05, 4.69) is 25.4 Å². The number of thioether (sulfide) groups is 1. The van der Waals surface area contributed by atoms with Gasteiger partial charge in [0.05, 0.1) is 18.1 Å². The average Bonchev–Trinajstić information content (AvgIpc) is 2.39. The number of hydrazine groups is 1. The van der Waals surface area contributed by atoms with Crippen LogP contribution in [-0.4, -0.2) is 19.9 Å². The van der Waals surface area contributed by atoms with Gasteiger partial charge >= 0.3 is 0 Å². The Balaban J connectivity index is 1.95. The highest BCUT2D eigenvalue weighted by molar-refractivity contribution is 7.98. The van der Waals surface area contributed by atoms with Gasteiger partial charge in [0, 0.05) is 18.1 Å². The zero-order valence-electron chi connectivity index (χ0n) is 9.29. The summed E-state index contributed by atoms with van der Waals surface area (Å²) in [6.07, 6.45) is 6.85. The van der Waals surface area contributed by atoms with Crippen LogP contribution in [0.15, 0.2) is 29.9 Å². The smallest absolute Gasteiger partial charge is 0.187 e. The Morgan fingerprint density at radius 3 is 2.47 bits per heavy atom. The Hall–Kier alpha value is -1.73. The molecule has 88 valence electrons. The number of aromatic nitrogens is 4. The SMILES string of the molecule is Cc1cnc(SCc2cnc(NN)cn2)nc1. The van der Waals surface area contributed by atoms with Gasteiger partial charge in [-0.2, -0.15) is 0 Å². The lowest BCUT2D eigenvalue weighted by molar-refractivity contribution is 0.947. The van der Waals surface area contributed by atoms with E-state index >= 15 is 0 Å². The number of anilines is 1. The summed E-state index contributed by atoms with van der Waals surface area (Å²) in [6.45, 7) is 1.96. The minimum absolute atomic E-state index is 0.547. The van der Waals surface area contributed by atoms with Crippen LogP contribution in [0.4, 0.5) is 5.82 Å². The number of nitrogens with two attached hydrogens (primary N) is 1. The summed E-state index contributed by atoms with van der Waals surface area (Å²) in [5.41, 5.74) is 4.34. The summed E-state index contributed by atoms with van der Waals surface area (Å²) >= 11 is 1.52. The van der Waals surface area contributed by atoms with Crippen LogP contribution in [0.25, 0.3) is 0 Å². The highest BCUT2D eigenvalue weighted by atomic mass is 32.2. The molecular formula is C10H12N6S. The van der Waals surface area contributed by atoms with Gasteiger partial charge in [0.15, 0.2) is 11.0 Å². The van der Waals surface area contributed by atoms with E-state index in [1.54, 1.807) is 24.8 Å². The molecule has 7 heteroatoms. The van der Waals surface area contributed by atoms with Crippen molar-refractivity contribution >= 4 is 17.6 Å². The highest BCUT2D eigenvalue weighted by Crippen LogP contribution is 2.17. The van der Waals surface area contributed by atoms with Crippen molar-refractivity contribution in [3.05, 3.63) is 36.0 Å². The third-order valence-corrected chi connectivity index (χ3v) is 2.87. The first-order chi connectivity index (χ1) is 8.28. The first kappa shape index (κ1) is 11.7. The van der Waals surface area contributed by atoms with Gasteiger partial charge in [-0.15, -0.1) is 0 Å². The minimum Gasteiger partial charge on any atom is -0.307 e. The Labute approximate surface area is 103 Å². The number of hydrogen-bond acceptors (Lipinski definition) is 7. The summed E-state index contributed by atoms with van der Waals surface area (Å²) in [5.74, 6) is 6.43. The van der Waals surface area contributed by atoms with Crippen LogP contribution >= 0.6 is 11.8 Å². The summed E-state index contributed by atoms with van der Waals surface area (Å²) in [7, 11) is 0. The number of aryl methyl sites for hydroxylation is 1. The number of nitrogens with zero attached hydrogens (tertiary/aromatic N) is 4. The van der Waals surface area contributed by atoms with Gasteiger partial charge in [-0.1, -0.05) is 11.8 Å². The quantitative estimate of drug-likeness (QED) is 0.363. The van der Waals surface area contributed by atoms with Crippen LogP contribution in [-0.2, 0) is 5.75 Å². The monoisotopic (exact) mass is 248 g/mol. The predicted molar refractivity (Wildman–Crippen MR) is 66.2 cm³/mol. The first-order valence-electron chi connectivity index (χ1n) is 4.97. The van der Waals surface area contributed by atoms with E-state index in [0.717, 1.165) is 16.4 Å². The van der Waals surface area contributed by atoms with E-state index in [1.807, 2.05) is 6.92 Å². The molecule has 0 saturated carbocycles. The second-order valence-corrected chi connectivity index (χ2v) is 4.31. The minimum atomic E-state index is 0.547. The van der Waals surface area contributed by atoms with Crippen molar-refractivity contribution in [2.45, 2.75) is 17.8 Å². The molecule has 17 heavy (non-hydrogen) atoms. The third-order valence-electron chi connectivity index (χ3n) is 1.96. The Bertz CT molecular complexity index is 469. The molecule has 0 unspecified atom stereocenters. The van der Waals surface area contributed by atoms with Gasteiger partial charge < -0.3 is 5.43 Å². The van der Waals surface area contributed by atoms with Gasteiger partial charge in [-0.3, -0.25) is 4.98 Å². The zero-order chi connectivity index (χ0) is 12.1. The fraction of sp³-hybridized carbons (Fsp3) is 0.200. The fourth-order valence-corrected chi connectivity index (χ4v) is 1.78. The summed E-state index contributed by atoms with van der Waals surface area (Å²) in [5, 5.41) is 0.735. The van der Waals surface area contributed by atoms with Crippen LogP contribution in [0.3, 0.4) is 0 Å². The van der Waals surface area contributed by atoms with E-state index in [1.165, 1.54) is 11.8 Å². The van der Waals surface area contributed by atoms with Gasteiger partial charge in [0.2, 0.25) is 0 Å². The molecule has 2 aromatic heterocycles. The van der Waals surface area contributed by atoms with Gasteiger partial charge in [0.25, 0.3) is 0 Å². The molecule has 0 aromatic carbocycles. The van der Waals surface area contributed by atoms with Crippen molar-refractivity contribution in [3.8, 4) is 0 Å². The normalized spacial score (nSPS) is 10.2. The Morgan fingerprint density at radius 2 is 1.88 bits per heavy atom. The van der Waals surface area contributed by atoms with Crippen molar-refractivity contribution in [3.63, 3.8) is 0 Å². The van der Waals surface area contributed by atoms with E-state index < -0.39 is 0 Å². The predicted octanol–water partition coefficient (Wildman–Crippen LogP) is 1.15. The fourth-order valence-electron chi connectivity index (χ4n) is 1.10. The van der Waals surface area contributed by atoms with Crippen LogP contribution in [0.1, 0.15) is 11.3 Å². The second-order valence-electron chi connectivity index (χ2n) is 3.37. The molecule has 0 atom stereocenters. The number of rotatable bonds is 4. The molecule has 0 bridgehead atoms. The molecular weight excluding hydrogens is 236 g/mol. The third kappa shape index (κ3) is 3.36. The molecule has 0 aliphatic carbocycles. The number of nitrogens with one attached hydrogen (secondary N) is 1. The average molecular weight is 248 g/mol. The van der Waals surface area contributed by atoms with Crippen molar-refractivity contribution in [2.75, 3.05) is 5.43 Å². The maximum absolute atomic E-state index is 5.20. The first-order valence-corrected chi connectivity index (χ1v) is 5.95. The lowest BCUT2D eigenvalue weighted by Crippen LogP contribution is -2.08. The van der Waals surface area contributed by atoms with E-state index in [4.69, 9.17) is 5.84 Å². The lowest BCUT2D eigenvalue weighted by atomic mass is 10.4. The van der Waals surface area contributed by atoms with E-state index in [9.17, 15) is 0 Å².